The molecule has 0 saturated heterocycles. The van der Waals surface area contributed by atoms with Crippen LogP contribution < -0.4 is 0 Å². The number of rotatable bonds is 3. The predicted molar refractivity (Wildman–Crippen MR) is 67.1 cm³/mol. The average Bonchev–Trinajstić information content (AvgIpc) is 2.16. The van der Waals surface area contributed by atoms with Crippen LogP contribution in [0.5, 0.6) is 0 Å². The molecule has 1 aromatic carbocycles. The van der Waals surface area contributed by atoms with Crippen LogP contribution in [0.25, 0.3) is 0 Å². The maximum Gasteiger partial charge on any atom is 0.0423 e. The highest BCUT2D eigenvalue weighted by atomic mass is 79.9. The number of alkyl halides is 1. The van der Waals surface area contributed by atoms with E-state index in [0.29, 0.717) is 16.7 Å². The molecule has 1 aromatic rings. The SMILES string of the molecule is CC(C)C(C)C(Br)c1ccc(Cl)cc1. The van der Waals surface area contributed by atoms with Crippen molar-refractivity contribution >= 4 is 27.5 Å². The lowest BCUT2D eigenvalue weighted by Gasteiger charge is -2.22. The van der Waals surface area contributed by atoms with E-state index >= 15 is 0 Å². The van der Waals surface area contributed by atoms with Crippen molar-refractivity contribution in [3.8, 4) is 0 Å². The summed E-state index contributed by atoms with van der Waals surface area (Å²) in [5, 5.41) is 0.797. The second kappa shape index (κ2) is 5.18. The number of benzene rings is 1. The Bertz CT molecular complexity index is 279. The summed E-state index contributed by atoms with van der Waals surface area (Å²) in [4.78, 5) is 0.416. The van der Waals surface area contributed by atoms with Gasteiger partial charge in [0.15, 0.2) is 0 Å². The van der Waals surface area contributed by atoms with Crippen molar-refractivity contribution in [1.82, 2.24) is 0 Å². The monoisotopic (exact) mass is 274 g/mol. The Morgan fingerprint density at radius 3 is 2.00 bits per heavy atom. The van der Waals surface area contributed by atoms with E-state index in [1.807, 2.05) is 12.1 Å². The molecule has 0 aromatic heterocycles. The first kappa shape index (κ1) is 12.1. The molecule has 0 N–H and O–H groups in total. The van der Waals surface area contributed by atoms with Crippen LogP contribution in [0.3, 0.4) is 0 Å². The largest absolute Gasteiger partial charge is 0.0843 e. The van der Waals surface area contributed by atoms with Gasteiger partial charge in [0.25, 0.3) is 0 Å². The molecule has 0 nitrogen and oxygen atoms in total. The van der Waals surface area contributed by atoms with E-state index in [0.717, 1.165) is 5.02 Å². The third-order valence-corrected chi connectivity index (χ3v) is 4.32. The minimum Gasteiger partial charge on any atom is -0.0843 e. The van der Waals surface area contributed by atoms with Gasteiger partial charge in [0.05, 0.1) is 0 Å². The summed E-state index contributed by atoms with van der Waals surface area (Å²) in [6, 6.07) is 8.05. The van der Waals surface area contributed by atoms with Crippen LogP contribution in [0.2, 0.25) is 5.02 Å². The second-order valence-corrected chi connectivity index (χ2v) is 5.48. The van der Waals surface area contributed by atoms with E-state index in [4.69, 9.17) is 11.6 Å². The second-order valence-electron chi connectivity index (χ2n) is 4.06. The normalized spacial score (nSPS) is 15.6. The first-order valence-electron chi connectivity index (χ1n) is 4.92. The molecule has 2 atom stereocenters. The molecule has 1 rings (SSSR count). The summed E-state index contributed by atoms with van der Waals surface area (Å²) in [6.45, 7) is 6.75. The molecule has 0 bridgehead atoms. The van der Waals surface area contributed by atoms with E-state index in [1.54, 1.807) is 0 Å². The van der Waals surface area contributed by atoms with Crippen molar-refractivity contribution < 1.29 is 0 Å². The summed E-state index contributed by atoms with van der Waals surface area (Å²) in [6.07, 6.45) is 0. The third kappa shape index (κ3) is 2.99. The van der Waals surface area contributed by atoms with Crippen molar-refractivity contribution in [2.75, 3.05) is 0 Å². The maximum atomic E-state index is 5.84. The quantitative estimate of drug-likeness (QED) is 0.676. The Morgan fingerprint density at radius 2 is 1.57 bits per heavy atom. The third-order valence-electron chi connectivity index (χ3n) is 2.70. The highest BCUT2D eigenvalue weighted by Gasteiger charge is 2.18. The summed E-state index contributed by atoms with van der Waals surface area (Å²) < 4.78 is 0. The Hall–Kier alpha value is -0.0100. The Kier molecular flexibility index (Phi) is 4.46. The van der Waals surface area contributed by atoms with Gasteiger partial charge in [-0.25, -0.2) is 0 Å². The Morgan fingerprint density at radius 1 is 1.07 bits per heavy atom. The molecule has 0 fully saturated rings. The fraction of sp³-hybridized carbons (Fsp3) is 0.500. The van der Waals surface area contributed by atoms with E-state index in [2.05, 4.69) is 48.8 Å². The van der Waals surface area contributed by atoms with Gasteiger partial charge in [-0.15, -0.1) is 0 Å². The molecule has 2 heteroatoms. The zero-order valence-corrected chi connectivity index (χ0v) is 11.1. The van der Waals surface area contributed by atoms with Crippen LogP contribution in [0.4, 0.5) is 0 Å². The van der Waals surface area contributed by atoms with Crippen LogP contribution in [0, 0.1) is 11.8 Å². The molecule has 0 amide bonds. The van der Waals surface area contributed by atoms with E-state index in [-0.39, 0.29) is 0 Å². The minimum atomic E-state index is 0.416. The van der Waals surface area contributed by atoms with Crippen molar-refractivity contribution in [2.45, 2.75) is 25.6 Å². The highest BCUT2D eigenvalue weighted by molar-refractivity contribution is 9.09. The lowest BCUT2D eigenvalue weighted by molar-refractivity contribution is 0.414. The van der Waals surface area contributed by atoms with Gasteiger partial charge in [0, 0.05) is 9.85 Å². The van der Waals surface area contributed by atoms with Gasteiger partial charge in [0.2, 0.25) is 0 Å². The van der Waals surface area contributed by atoms with Gasteiger partial charge in [-0.1, -0.05) is 60.4 Å². The van der Waals surface area contributed by atoms with Crippen LogP contribution >= 0.6 is 27.5 Å². The summed E-state index contributed by atoms with van der Waals surface area (Å²) >= 11 is 9.58. The molecular formula is C12H16BrCl. The van der Waals surface area contributed by atoms with Gasteiger partial charge in [0.1, 0.15) is 0 Å². The fourth-order valence-electron chi connectivity index (χ4n) is 1.29. The van der Waals surface area contributed by atoms with E-state index in [1.165, 1.54) is 5.56 Å². The van der Waals surface area contributed by atoms with Crippen LogP contribution in [-0.4, -0.2) is 0 Å². The fourth-order valence-corrected chi connectivity index (χ4v) is 2.33. The summed E-state index contributed by atoms with van der Waals surface area (Å²) in [5.74, 6) is 1.30. The number of hydrogen-bond donors (Lipinski definition) is 0. The molecular weight excluding hydrogens is 259 g/mol. The van der Waals surface area contributed by atoms with E-state index < -0.39 is 0 Å². The minimum absolute atomic E-state index is 0.416. The van der Waals surface area contributed by atoms with Gasteiger partial charge in [-0.3, -0.25) is 0 Å². The van der Waals surface area contributed by atoms with Crippen LogP contribution in [0.1, 0.15) is 31.2 Å². The molecule has 0 spiro atoms. The molecule has 0 saturated carbocycles. The zero-order valence-electron chi connectivity index (χ0n) is 8.80. The number of hydrogen-bond acceptors (Lipinski definition) is 0. The van der Waals surface area contributed by atoms with Gasteiger partial charge in [-0.2, -0.15) is 0 Å². The molecule has 0 aliphatic carbocycles. The van der Waals surface area contributed by atoms with Crippen molar-refractivity contribution in [3.05, 3.63) is 34.9 Å². The molecule has 14 heavy (non-hydrogen) atoms. The zero-order chi connectivity index (χ0) is 10.7. The average molecular weight is 276 g/mol. The number of halogens is 2. The molecule has 0 heterocycles. The van der Waals surface area contributed by atoms with Crippen molar-refractivity contribution in [3.63, 3.8) is 0 Å². The van der Waals surface area contributed by atoms with Gasteiger partial charge in [-0.05, 0) is 29.5 Å². The molecule has 0 aliphatic rings. The van der Waals surface area contributed by atoms with Crippen molar-refractivity contribution in [1.29, 1.82) is 0 Å². The molecule has 0 aliphatic heterocycles. The molecule has 0 radical (unpaired) electrons. The smallest absolute Gasteiger partial charge is 0.0423 e. The predicted octanol–water partition coefficient (Wildman–Crippen LogP) is 5.07. The van der Waals surface area contributed by atoms with Crippen LogP contribution in [-0.2, 0) is 0 Å². The summed E-state index contributed by atoms with van der Waals surface area (Å²) in [7, 11) is 0. The van der Waals surface area contributed by atoms with Gasteiger partial charge >= 0.3 is 0 Å². The maximum absolute atomic E-state index is 5.84. The van der Waals surface area contributed by atoms with Crippen LogP contribution in [0.15, 0.2) is 24.3 Å². The van der Waals surface area contributed by atoms with Crippen molar-refractivity contribution in [2.24, 2.45) is 11.8 Å². The lowest BCUT2D eigenvalue weighted by atomic mass is 9.91. The van der Waals surface area contributed by atoms with Gasteiger partial charge < -0.3 is 0 Å². The topological polar surface area (TPSA) is 0 Å². The highest BCUT2D eigenvalue weighted by Crippen LogP contribution is 2.35. The molecule has 2 unspecified atom stereocenters. The first-order valence-corrected chi connectivity index (χ1v) is 6.21. The van der Waals surface area contributed by atoms with E-state index in [9.17, 15) is 0 Å². The summed E-state index contributed by atoms with van der Waals surface area (Å²) in [5.41, 5.74) is 1.30. The lowest BCUT2D eigenvalue weighted by Crippen LogP contribution is -2.10. The first-order chi connectivity index (χ1) is 6.52. The Balaban J connectivity index is 2.78. The molecule has 78 valence electrons. The Labute approximate surface area is 99.8 Å². The standard InChI is InChI=1S/C12H16BrCl/c1-8(2)9(3)12(13)10-4-6-11(14)7-5-10/h4-9,12H,1-3H3.